The Morgan fingerprint density at radius 1 is 0.968 bits per heavy atom. The summed E-state index contributed by atoms with van der Waals surface area (Å²) in [5.41, 5.74) is 4.40. The van der Waals surface area contributed by atoms with E-state index >= 15 is 0 Å². The fraction of sp³-hybridized carbons (Fsp3) is 0.407. The quantitative estimate of drug-likeness (QED) is 0.668. The van der Waals surface area contributed by atoms with E-state index < -0.39 is 0 Å². The van der Waals surface area contributed by atoms with Crippen LogP contribution in [0.2, 0.25) is 0 Å². The van der Waals surface area contributed by atoms with E-state index in [0.717, 1.165) is 30.4 Å². The number of nitrogens with one attached hydrogen (secondary N) is 1. The molecule has 1 amide bonds. The van der Waals surface area contributed by atoms with Crippen molar-refractivity contribution >= 4 is 17.6 Å². The Bertz CT molecular complexity index is 957. The Morgan fingerprint density at radius 2 is 1.68 bits per heavy atom. The number of benzene rings is 2. The number of rotatable bonds is 6. The molecule has 4 heteroatoms. The molecule has 162 valence electrons. The number of esters is 1. The van der Waals surface area contributed by atoms with Gasteiger partial charge in [0.05, 0.1) is 24.3 Å². The van der Waals surface area contributed by atoms with Crippen LogP contribution in [0.5, 0.6) is 0 Å². The van der Waals surface area contributed by atoms with E-state index in [-0.39, 0.29) is 24.2 Å². The lowest BCUT2D eigenvalue weighted by Crippen LogP contribution is -2.35. The third-order valence-electron chi connectivity index (χ3n) is 6.55. The average Bonchev–Trinajstić information content (AvgIpc) is 2.80. The molecule has 2 aromatic carbocycles. The second kappa shape index (κ2) is 9.95. The molecule has 2 aliphatic carbocycles. The van der Waals surface area contributed by atoms with Gasteiger partial charge in [0.2, 0.25) is 5.91 Å². The molecule has 4 rings (SSSR count). The molecule has 4 nitrogen and oxygen atoms in total. The van der Waals surface area contributed by atoms with Crippen LogP contribution in [0.3, 0.4) is 0 Å². The van der Waals surface area contributed by atoms with Crippen LogP contribution in [-0.4, -0.2) is 18.5 Å². The highest BCUT2D eigenvalue weighted by atomic mass is 16.5. The highest BCUT2D eigenvalue weighted by Gasteiger charge is 2.38. The smallest absolute Gasteiger partial charge is 0.336 e. The Morgan fingerprint density at radius 3 is 2.42 bits per heavy atom. The van der Waals surface area contributed by atoms with Crippen molar-refractivity contribution < 1.29 is 14.3 Å². The number of carbonyl (C=O) groups is 2. The fourth-order valence-electron chi connectivity index (χ4n) is 5.11. The molecule has 0 radical (unpaired) electrons. The molecule has 0 aromatic heterocycles. The minimum absolute atomic E-state index is 0.0845. The van der Waals surface area contributed by atoms with Gasteiger partial charge in [0.1, 0.15) is 0 Å². The van der Waals surface area contributed by atoms with Gasteiger partial charge >= 0.3 is 5.97 Å². The van der Waals surface area contributed by atoms with Crippen LogP contribution in [0.15, 0.2) is 60.2 Å². The zero-order valence-electron chi connectivity index (χ0n) is 18.2. The number of amides is 1. The molecule has 0 heterocycles. The zero-order valence-corrected chi connectivity index (χ0v) is 18.2. The summed E-state index contributed by atoms with van der Waals surface area (Å²) >= 11 is 0. The van der Waals surface area contributed by atoms with Gasteiger partial charge in [-0.2, -0.15) is 0 Å². The standard InChI is InChI=1S/C27H31NO3/c1-2-31-27(30)25-23(20-13-7-4-8-14-20)18-21-15-9-10-16-22(21)26(25)28-24(29)17-19-11-5-3-6-12-19/h3,5-6,9-12,15-16,20,23H,2,4,7-8,13-14,17-18H2,1H3,(H,28,29). The van der Waals surface area contributed by atoms with E-state index in [0.29, 0.717) is 23.8 Å². The molecule has 1 unspecified atom stereocenters. The van der Waals surface area contributed by atoms with Crippen molar-refractivity contribution in [3.8, 4) is 0 Å². The summed E-state index contributed by atoms with van der Waals surface area (Å²) < 4.78 is 5.50. The van der Waals surface area contributed by atoms with Gasteiger partial charge in [-0.1, -0.05) is 73.9 Å². The molecule has 1 fully saturated rings. The molecule has 31 heavy (non-hydrogen) atoms. The molecule has 0 bridgehead atoms. The lowest BCUT2D eigenvalue weighted by atomic mass is 9.70. The van der Waals surface area contributed by atoms with E-state index in [4.69, 9.17) is 4.74 Å². The van der Waals surface area contributed by atoms with E-state index in [1.54, 1.807) is 0 Å². The van der Waals surface area contributed by atoms with Crippen molar-refractivity contribution in [3.63, 3.8) is 0 Å². The normalized spacial score (nSPS) is 18.9. The molecule has 1 saturated carbocycles. The van der Waals surface area contributed by atoms with Gasteiger partial charge in [0, 0.05) is 11.5 Å². The summed E-state index contributed by atoms with van der Waals surface area (Å²) in [6.45, 7) is 2.16. The molecule has 2 aromatic rings. The van der Waals surface area contributed by atoms with Crippen molar-refractivity contribution in [2.75, 3.05) is 6.61 Å². The first kappa shape index (κ1) is 21.4. The van der Waals surface area contributed by atoms with Gasteiger partial charge in [-0.15, -0.1) is 0 Å². The maximum absolute atomic E-state index is 13.2. The Balaban J connectivity index is 1.73. The molecule has 0 saturated heterocycles. The summed E-state index contributed by atoms with van der Waals surface area (Å²) in [5.74, 6) is 0.133. The first-order valence-electron chi connectivity index (χ1n) is 11.5. The molecule has 1 atom stereocenters. The van der Waals surface area contributed by atoms with Gasteiger partial charge in [0.15, 0.2) is 0 Å². The number of carbonyl (C=O) groups excluding carboxylic acids is 2. The zero-order chi connectivity index (χ0) is 21.6. The molecule has 0 spiro atoms. The van der Waals surface area contributed by atoms with Gasteiger partial charge in [0.25, 0.3) is 0 Å². The number of hydrogen-bond acceptors (Lipinski definition) is 3. The minimum Gasteiger partial charge on any atom is -0.463 e. The van der Waals surface area contributed by atoms with Crippen LogP contribution in [0.1, 0.15) is 55.7 Å². The summed E-state index contributed by atoms with van der Waals surface area (Å²) in [4.78, 5) is 26.2. The van der Waals surface area contributed by atoms with Crippen molar-refractivity contribution in [2.24, 2.45) is 11.8 Å². The van der Waals surface area contributed by atoms with E-state index in [1.165, 1.54) is 24.8 Å². The Kier molecular flexibility index (Phi) is 6.86. The molecular formula is C27H31NO3. The van der Waals surface area contributed by atoms with Crippen LogP contribution < -0.4 is 5.32 Å². The van der Waals surface area contributed by atoms with Crippen molar-refractivity contribution in [1.29, 1.82) is 0 Å². The number of hydrogen-bond donors (Lipinski definition) is 1. The second-order valence-corrected chi connectivity index (χ2v) is 8.59. The topological polar surface area (TPSA) is 55.4 Å². The summed E-state index contributed by atoms with van der Waals surface area (Å²) in [6, 6.07) is 17.8. The summed E-state index contributed by atoms with van der Waals surface area (Å²) in [5, 5.41) is 3.12. The third kappa shape index (κ3) is 4.90. The highest BCUT2D eigenvalue weighted by Crippen LogP contribution is 2.42. The summed E-state index contributed by atoms with van der Waals surface area (Å²) in [7, 11) is 0. The van der Waals surface area contributed by atoms with Gasteiger partial charge in [-0.3, -0.25) is 4.79 Å². The Hall–Kier alpha value is -2.88. The molecule has 0 aliphatic heterocycles. The molecular weight excluding hydrogens is 386 g/mol. The average molecular weight is 418 g/mol. The third-order valence-corrected chi connectivity index (χ3v) is 6.55. The number of ether oxygens (including phenoxy) is 1. The van der Waals surface area contributed by atoms with Gasteiger partial charge in [-0.05, 0) is 43.2 Å². The fourth-order valence-corrected chi connectivity index (χ4v) is 5.11. The van der Waals surface area contributed by atoms with Crippen LogP contribution in [0.25, 0.3) is 5.70 Å². The van der Waals surface area contributed by atoms with E-state index in [9.17, 15) is 9.59 Å². The van der Waals surface area contributed by atoms with Gasteiger partial charge < -0.3 is 10.1 Å². The van der Waals surface area contributed by atoms with Crippen LogP contribution in [0, 0.1) is 11.8 Å². The van der Waals surface area contributed by atoms with E-state index in [2.05, 4.69) is 11.4 Å². The first-order valence-corrected chi connectivity index (χ1v) is 11.5. The molecule has 2 aliphatic rings. The highest BCUT2D eigenvalue weighted by molar-refractivity contribution is 6.02. The maximum atomic E-state index is 13.2. The van der Waals surface area contributed by atoms with Crippen LogP contribution in [-0.2, 0) is 27.2 Å². The largest absolute Gasteiger partial charge is 0.463 e. The predicted octanol–water partition coefficient (Wildman–Crippen LogP) is 5.07. The van der Waals surface area contributed by atoms with Crippen molar-refractivity contribution in [1.82, 2.24) is 5.32 Å². The van der Waals surface area contributed by atoms with Crippen LogP contribution >= 0.6 is 0 Å². The monoisotopic (exact) mass is 417 g/mol. The van der Waals surface area contributed by atoms with Crippen LogP contribution in [0.4, 0.5) is 0 Å². The first-order chi connectivity index (χ1) is 15.2. The van der Waals surface area contributed by atoms with Crippen molar-refractivity contribution in [3.05, 3.63) is 76.9 Å². The number of fused-ring (bicyclic) bond motifs is 1. The molecule has 1 N–H and O–H groups in total. The Labute approximate surface area is 184 Å². The van der Waals surface area contributed by atoms with E-state index in [1.807, 2.05) is 55.5 Å². The minimum atomic E-state index is -0.289. The van der Waals surface area contributed by atoms with Crippen molar-refractivity contribution in [2.45, 2.75) is 51.9 Å². The lowest BCUT2D eigenvalue weighted by Gasteiger charge is -2.36. The lowest BCUT2D eigenvalue weighted by molar-refractivity contribution is -0.139. The SMILES string of the molecule is CCOC(=O)C1=C(NC(=O)Cc2ccccc2)c2ccccc2CC1C1CCCCC1. The second-order valence-electron chi connectivity index (χ2n) is 8.59. The predicted molar refractivity (Wildman–Crippen MR) is 122 cm³/mol. The summed E-state index contributed by atoms with van der Waals surface area (Å²) in [6.07, 6.45) is 7.02. The maximum Gasteiger partial charge on any atom is 0.336 e. The van der Waals surface area contributed by atoms with Gasteiger partial charge in [-0.25, -0.2) is 4.79 Å².